The maximum Gasteiger partial charge on any atom is 0.350 e. The standard InChI is InChI=1S/C16H16BrNO6/c1-16(2)23-13(19)12(14(20)24-16)8-18-11-6-9(5-10(17)7-11)15-21-3-4-22-15/h5-8,15,18H,3-4H2,1-2H3. The minimum atomic E-state index is -1.26. The fourth-order valence-electron chi connectivity index (χ4n) is 2.32. The molecule has 0 saturated carbocycles. The molecule has 1 aromatic carbocycles. The monoisotopic (exact) mass is 397 g/mol. The lowest BCUT2D eigenvalue weighted by Crippen LogP contribution is -2.42. The molecule has 0 spiro atoms. The molecule has 128 valence electrons. The van der Waals surface area contributed by atoms with Gasteiger partial charge in [0.25, 0.3) is 5.79 Å². The van der Waals surface area contributed by atoms with Gasteiger partial charge in [0.15, 0.2) is 11.9 Å². The molecule has 0 atom stereocenters. The number of esters is 2. The Morgan fingerprint density at radius 1 is 1.12 bits per heavy atom. The van der Waals surface area contributed by atoms with Crippen molar-refractivity contribution in [3.05, 3.63) is 40.0 Å². The van der Waals surface area contributed by atoms with Crippen molar-refractivity contribution in [2.24, 2.45) is 0 Å². The number of hydrogen-bond donors (Lipinski definition) is 1. The molecule has 2 fully saturated rings. The van der Waals surface area contributed by atoms with Gasteiger partial charge in [-0.3, -0.25) is 0 Å². The highest BCUT2D eigenvalue weighted by molar-refractivity contribution is 9.10. The normalized spacial score (nSPS) is 20.5. The first-order valence-electron chi connectivity index (χ1n) is 7.31. The number of cyclic esters (lactones) is 2. The third-order valence-electron chi connectivity index (χ3n) is 3.31. The van der Waals surface area contributed by atoms with Crippen molar-refractivity contribution in [2.45, 2.75) is 25.9 Å². The van der Waals surface area contributed by atoms with Crippen molar-refractivity contribution in [3.63, 3.8) is 0 Å². The number of carbonyl (C=O) groups excluding carboxylic acids is 2. The van der Waals surface area contributed by atoms with Gasteiger partial charge in [0.2, 0.25) is 0 Å². The summed E-state index contributed by atoms with van der Waals surface area (Å²) in [4.78, 5) is 23.8. The molecule has 2 saturated heterocycles. The number of ether oxygens (including phenoxy) is 4. The first-order chi connectivity index (χ1) is 11.3. The molecule has 0 aliphatic carbocycles. The number of rotatable bonds is 3. The predicted molar refractivity (Wildman–Crippen MR) is 86.8 cm³/mol. The Balaban J connectivity index is 1.78. The lowest BCUT2D eigenvalue weighted by atomic mass is 10.2. The van der Waals surface area contributed by atoms with E-state index in [-0.39, 0.29) is 5.57 Å². The van der Waals surface area contributed by atoms with Crippen LogP contribution in [0.1, 0.15) is 25.7 Å². The quantitative estimate of drug-likeness (QED) is 0.476. The first kappa shape index (κ1) is 16.9. The average molecular weight is 398 g/mol. The highest BCUT2D eigenvalue weighted by Crippen LogP contribution is 2.29. The molecule has 2 aliphatic heterocycles. The van der Waals surface area contributed by atoms with E-state index in [1.165, 1.54) is 20.0 Å². The lowest BCUT2D eigenvalue weighted by molar-refractivity contribution is -0.222. The number of benzene rings is 1. The van der Waals surface area contributed by atoms with Crippen molar-refractivity contribution < 1.29 is 28.5 Å². The molecule has 7 nitrogen and oxygen atoms in total. The molecule has 0 bridgehead atoms. The fraction of sp³-hybridized carbons (Fsp3) is 0.375. The number of halogens is 1. The van der Waals surface area contributed by atoms with Gasteiger partial charge in [0, 0.05) is 35.8 Å². The molecule has 0 amide bonds. The van der Waals surface area contributed by atoms with Crippen LogP contribution in [0.4, 0.5) is 5.69 Å². The Morgan fingerprint density at radius 2 is 1.75 bits per heavy atom. The minimum Gasteiger partial charge on any atom is -0.419 e. The van der Waals surface area contributed by atoms with Crippen LogP contribution in [0.25, 0.3) is 0 Å². The zero-order valence-electron chi connectivity index (χ0n) is 13.1. The number of hydrogen-bond acceptors (Lipinski definition) is 7. The van der Waals surface area contributed by atoms with Crippen LogP contribution < -0.4 is 5.32 Å². The van der Waals surface area contributed by atoms with Crippen LogP contribution in [-0.4, -0.2) is 30.9 Å². The van der Waals surface area contributed by atoms with Gasteiger partial charge in [-0.25, -0.2) is 9.59 Å². The Bertz CT molecular complexity index is 687. The van der Waals surface area contributed by atoms with Crippen LogP contribution in [0.3, 0.4) is 0 Å². The second-order valence-electron chi connectivity index (χ2n) is 5.73. The Labute approximate surface area is 147 Å². The summed E-state index contributed by atoms with van der Waals surface area (Å²) in [5.74, 6) is -2.73. The van der Waals surface area contributed by atoms with Crippen LogP contribution in [0, 0.1) is 0 Å². The van der Waals surface area contributed by atoms with E-state index in [4.69, 9.17) is 18.9 Å². The molecular formula is C16H16BrNO6. The minimum absolute atomic E-state index is 0.204. The molecule has 0 unspecified atom stereocenters. The summed E-state index contributed by atoms with van der Waals surface area (Å²) in [5, 5.41) is 2.90. The molecule has 1 aromatic rings. The van der Waals surface area contributed by atoms with Crippen LogP contribution in [0.15, 0.2) is 34.4 Å². The zero-order valence-corrected chi connectivity index (χ0v) is 14.7. The summed E-state index contributed by atoms with van der Waals surface area (Å²) in [5.41, 5.74) is 1.26. The lowest BCUT2D eigenvalue weighted by Gasteiger charge is -2.29. The second-order valence-corrected chi connectivity index (χ2v) is 6.64. The molecule has 2 aliphatic rings. The van der Waals surface area contributed by atoms with Gasteiger partial charge in [-0.15, -0.1) is 0 Å². The number of nitrogens with one attached hydrogen (secondary N) is 1. The molecule has 24 heavy (non-hydrogen) atoms. The van der Waals surface area contributed by atoms with E-state index in [1.807, 2.05) is 6.07 Å². The van der Waals surface area contributed by atoms with Crippen LogP contribution in [0.5, 0.6) is 0 Å². The van der Waals surface area contributed by atoms with Gasteiger partial charge in [-0.1, -0.05) is 15.9 Å². The molecular weight excluding hydrogens is 382 g/mol. The van der Waals surface area contributed by atoms with Gasteiger partial charge in [0.05, 0.1) is 13.2 Å². The Kier molecular flexibility index (Phi) is 4.62. The van der Waals surface area contributed by atoms with Gasteiger partial charge in [0.1, 0.15) is 0 Å². The SMILES string of the molecule is CC1(C)OC(=O)C(=CNc2cc(Br)cc(C3OCCO3)c2)C(=O)O1. The summed E-state index contributed by atoms with van der Waals surface area (Å²) >= 11 is 3.41. The van der Waals surface area contributed by atoms with E-state index in [0.717, 1.165) is 10.0 Å². The zero-order chi connectivity index (χ0) is 17.3. The van der Waals surface area contributed by atoms with Gasteiger partial charge < -0.3 is 24.3 Å². The first-order valence-corrected chi connectivity index (χ1v) is 8.10. The highest BCUT2D eigenvalue weighted by atomic mass is 79.9. The van der Waals surface area contributed by atoms with Crippen LogP contribution in [-0.2, 0) is 28.5 Å². The van der Waals surface area contributed by atoms with Gasteiger partial charge in [-0.05, 0) is 18.2 Å². The second kappa shape index (κ2) is 6.54. The van der Waals surface area contributed by atoms with Crippen molar-refractivity contribution in [2.75, 3.05) is 18.5 Å². The van der Waals surface area contributed by atoms with E-state index in [1.54, 1.807) is 12.1 Å². The van der Waals surface area contributed by atoms with Crippen molar-refractivity contribution in [1.82, 2.24) is 0 Å². The summed E-state index contributed by atoms with van der Waals surface area (Å²) in [6.07, 6.45) is 0.836. The van der Waals surface area contributed by atoms with E-state index in [2.05, 4.69) is 21.2 Å². The Hall–Kier alpha value is -1.90. The predicted octanol–water partition coefficient (Wildman–Crippen LogP) is 2.63. The molecule has 3 rings (SSSR count). The summed E-state index contributed by atoms with van der Waals surface area (Å²) in [7, 11) is 0. The van der Waals surface area contributed by atoms with E-state index >= 15 is 0 Å². The van der Waals surface area contributed by atoms with Gasteiger partial charge >= 0.3 is 11.9 Å². The summed E-state index contributed by atoms with van der Waals surface area (Å²) in [6, 6.07) is 5.47. The van der Waals surface area contributed by atoms with E-state index in [0.29, 0.717) is 18.9 Å². The molecule has 2 heterocycles. The number of anilines is 1. The van der Waals surface area contributed by atoms with Crippen molar-refractivity contribution >= 4 is 33.6 Å². The topological polar surface area (TPSA) is 83.1 Å². The van der Waals surface area contributed by atoms with Crippen molar-refractivity contribution in [1.29, 1.82) is 0 Å². The summed E-state index contributed by atoms with van der Waals surface area (Å²) < 4.78 is 21.8. The van der Waals surface area contributed by atoms with Gasteiger partial charge in [-0.2, -0.15) is 0 Å². The largest absolute Gasteiger partial charge is 0.419 e. The fourth-order valence-corrected chi connectivity index (χ4v) is 2.83. The van der Waals surface area contributed by atoms with Crippen molar-refractivity contribution in [3.8, 4) is 0 Å². The molecule has 1 N–H and O–H groups in total. The molecule has 0 radical (unpaired) electrons. The smallest absolute Gasteiger partial charge is 0.350 e. The van der Waals surface area contributed by atoms with E-state index < -0.39 is 24.0 Å². The molecule has 8 heteroatoms. The van der Waals surface area contributed by atoms with Crippen LogP contribution in [0.2, 0.25) is 0 Å². The maximum atomic E-state index is 11.9. The van der Waals surface area contributed by atoms with Crippen LogP contribution >= 0.6 is 15.9 Å². The summed E-state index contributed by atoms with van der Waals surface area (Å²) in [6.45, 7) is 4.07. The molecule has 0 aromatic heterocycles. The third-order valence-corrected chi connectivity index (χ3v) is 3.77. The average Bonchev–Trinajstić information content (AvgIpc) is 2.98. The van der Waals surface area contributed by atoms with E-state index in [9.17, 15) is 9.59 Å². The highest BCUT2D eigenvalue weighted by Gasteiger charge is 2.38. The number of carbonyl (C=O) groups is 2. The third kappa shape index (κ3) is 3.77. The Morgan fingerprint density at radius 3 is 2.38 bits per heavy atom. The maximum absolute atomic E-state index is 11.9.